The molecular formula is C24H38N4O3SSi. The summed E-state index contributed by atoms with van der Waals surface area (Å²) in [6.07, 6.45) is 7.36. The molecule has 0 unspecified atom stereocenters. The Kier molecular flexibility index (Phi) is 7.31. The molecule has 0 fully saturated rings. The number of aryl methyl sites for hydroxylation is 2. The fourth-order valence-electron chi connectivity index (χ4n) is 4.86. The van der Waals surface area contributed by atoms with Crippen LogP contribution in [0.5, 0.6) is 0 Å². The van der Waals surface area contributed by atoms with E-state index in [1.807, 2.05) is 11.5 Å². The van der Waals surface area contributed by atoms with Crippen LogP contribution in [0.2, 0.25) is 25.7 Å². The number of nitrogens with zero attached hydrogens (tertiary/aromatic N) is 3. The number of aromatic nitrogens is 3. The number of rotatable bonds is 11. The van der Waals surface area contributed by atoms with Gasteiger partial charge in [-0.25, -0.2) is 8.42 Å². The summed E-state index contributed by atoms with van der Waals surface area (Å²) in [5.74, 6) is 1.07. The van der Waals surface area contributed by atoms with E-state index in [1.165, 1.54) is 40.8 Å². The van der Waals surface area contributed by atoms with Crippen molar-refractivity contribution in [1.29, 1.82) is 0 Å². The van der Waals surface area contributed by atoms with Crippen molar-refractivity contribution in [3.05, 3.63) is 34.1 Å². The van der Waals surface area contributed by atoms with E-state index in [2.05, 4.69) is 41.2 Å². The van der Waals surface area contributed by atoms with Crippen LogP contribution in [0.4, 0.5) is 11.6 Å². The molecule has 2 aliphatic rings. The maximum Gasteiger partial charge on any atom is 0.231 e. The number of ether oxygens (including phenoxy) is 1. The van der Waals surface area contributed by atoms with Crippen LogP contribution in [0.1, 0.15) is 54.3 Å². The minimum Gasteiger partial charge on any atom is -0.361 e. The summed E-state index contributed by atoms with van der Waals surface area (Å²) in [5.41, 5.74) is 6.86. The Morgan fingerprint density at radius 3 is 2.33 bits per heavy atom. The zero-order valence-electron chi connectivity index (χ0n) is 20.5. The molecule has 2 aromatic rings. The molecule has 0 atom stereocenters. The summed E-state index contributed by atoms with van der Waals surface area (Å²) in [5, 5.41) is 12.3. The Morgan fingerprint density at radius 1 is 1.06 bits per heavy atom. The minimum atomic E-state index is -3.24. The Balaban J connectivity index is 1.63. The van der Waals surface area contributed by atoms with Crippen molar-refractivity contribution in [1.82, 2.24) is 14.8 Å². The highest BCUT2D eigenvalue weighted by atomic mass is 32.2. The van der Waals surface area contributed by atoms with Crippen LogP contribution in [0.15, 0.2) is 6.07 Å². The van der Waals surface area contributed by atoms with Crippen LogP contribution < -0.4 is 5.32 Å². The summed E-state index contributed by atoms with van der Waals surface area (Å²) >= 11 is 0. The minimum absolute atomic E-state index is 0.113. The van der Waals surface area contributed by atoms with Crippen molar-refractivity contribution in [2.24, 2.45) is 0 Å². The third-order valence-corrected chi connectivity index (χ3v) is 10.1. The standard InChI is InChI=1S/C24H38N4O3SSi/c1-5-13-32(29,30)16-22-26-27-24(28(22)17-31-12-14-33(2,3)4)25-23-20-10-6-8-18(20)15-19-9-7-11-21(19)23/h15H,5-14,16-17H2,1-4H3,(H,25,27). The third-order valence-electron chi connectivity index (χ3n) is 6.62. The van der Waals surface area contributed by atoms with E-state index in [1.54, 1.807) is 0 Å². The van der Waals surface area contributed by atoms with Gasteiger partial charge in [0.2, 0.25) is 5.95 Å². The Morgan fingerprint density at radius 2 is 1.73 bits per heavy atom. The second kappa shape index (κ2) is 9.88. The molecule has 0 radical (unpaired) electrons. The number of hydrogen-bond donors (Lipinski definition) is 1. The molecule has 4 rings (SSSR count). The van der Waals surface area contributed by atoms with Gasteiger partial charge >= 0.3 is 0 Å². The summed E-state index contributed by atoms with van der Waals surface area (Å²) in [6.45, 7) is 9.76. The quantitative estimate of drug-likeness (QED) is 0.365. The van der Waals surface area contributed by atoms with Crippen molar-refractivity contribution in [3.63, 3.8) is 0 Å². The molecule has 2 aliphatic carbocycles. The van der Waals surface area contributed by atoms with E-state index in [0.29, 0.717) is 24.8 Å². The van der Waals surface area contributed by atoms with Crippen LogP contribution in [-0.2, 0) is 52.7 Å². The topological polar surface area (TPSA) is 86.1 Å². The number of anilines is 2. The molecule has 0 saturated carbocycles. The molecule has 1 N–H and O–H groups in total. The van der Waals surface area contributed by atoms with Crippen molar-refractivity contribution < 1.29 is 13.2 Å². The van der Waals surface area contributed by atoms with Gasteiger partial charge in [-0.1, -0.05) is 32.6 Å². The molecule has 0 amide bonds. The molecule has 182 valence electrons. The molecule has 0 saturated heterocycles. The van der Waals surface area contributed by atoms with Gasteiger partial charge in [0.1, 0.15) is 12.5 Å². The number of hydrogen-bond acceptors (Lipinski definition) is 6. The zero-order chi connectivity index (χ0) is 23.6. The van der Waals surface area contributed by atoms with Gasteiger partial charge in [-0.2, -0.15) is 0 Å². The number of benzene rings is 1. The maximum atomic E-state index is 12.6. The fourth-order valence-corrected chi connectivity index (χ4v) is 6.99. The van der Waals surface area contributed by atoms with Crippen molar-refractivity contribution in [2.45, 2.75) is 90.0 Å². The summed E-state index contributed by atoms with van der Waals surface area (Å²) in [7, 11) is -4.46. The lowest BCUT2D eigenvalue weighted by Gasteiger charge is -2.19. The van der Waals surface area contributed by atoms with Gasteiger partial charge < -0.3 is 10.1 Å². The highest BCUT2D eigenvalue weighted by Crippen LogP contribution is 2.39. The van der Waals surface area contributed by atoms with Crippen LogP contribution >= 0.6 is 0 Å². The average Bonchev–Trinajstić information content (AvgIpc) is 3.45. The first-order valence-corrected chi connectivity index (χ1v) is 17.8. The van der Waals surface area contributed by atoms with E-state index in [0.717, 1.165) is 31.7 Å². The lowest BCUT2D eigenvalue weighted by Crippen LogP contribution is -2.22. The predicted molar refractivity (Wildman–Crippen MR) is 136 cm³/mol. The third kappa shape index (κ3) is 5.86. The van der Waals surface area contributed by atoms with Crippen molar-refractivity contribution in [2.75, 3.05) is 17.7 Å². The maximum absolute atomic E-state index is 12.6. The van der Waals surface area contributed by atoms with Gasteiger partial charge in [0.25, 0.3) is 0 Å². The first-order valence-electron chi connectivity index (χ1n) is 12.3. The monoisotopic (exact) mass is 490 g/mol. The number of sulfone groups is 1. The van der Waals surface area contributed by atoms with Gasteiger partial charge in [-0.3, -0.25) is 4.57 Å². The fraction of sp³-hybridized carbons (Fsp3) is 0.667. The van der Waals surface area contributed by atoms with E-state index < -0.39 is 17.9 Å². The average molecular weight is 491 g/mol. The SMILES string of the molecule is CCCS(=O)(=O)Cc1nnc(Nc2c3c(cc4c2CCC4)CCC3)n1COCC[Si](C)(C)C. The Labute approximate surface area is 199 Å². The van der Waals surface area contributed by atoms with Gasteiger partial charge in [-0.15, -0.1) is 10.2 Å². The second-order valence-corrected chi connectivity index (χ2v) is 18.5. The van der Waals surface area contributed by atoms with Crippen LogP contribution in [0.3, 0.4) is 0 Å². The molecule has 33 heavy (non-hydrogen) atoms. The van der Waals surface area contributed by atoms with Crippen LogP contribution in [0, 0.1) is 0 Å². The summed E-state index contributed by atoms with van der Waals surface area (Å²) in [4.78, 5) is 0. The molecule has 0 spiro atoms. The Bertz CT molecular complexity index is 1070. The molecule has 9 heteroatoms. The van der Waals surface area contributed by atoms with E-state index in [9.17, 15) is 8.42 Å². The summed E-state index contributed by atoms with van der Waals surface area (Å²) < 4.78 is 32.9. The van der Waals surface area contributed by atoms with Crippen LogP contribution in [0.25, 0.3) is 0 Å². The van der Waals surface area contributed by atoms with Crippen molar-refractivity contribution >= 4 is 29.5 Å². The molecule has 7 nitrogen and oxygen atoms in total. The largest absolute Gasteiger partial charge is 0.361 e. The summed E-state index contributed by atoms with van der Waals surface area (Å²) in [6, 6.07) is 3.46. The molecule has 0 bridgehead atoms. The van der Waals surface area contributed by atoms with E-state index in [4.69, 9.17) is 4.74 Å². The molecular weight excluding hydrogens is 452 g/mol. The smallest absolute Gasteiger partial charge is 0.231 e. The van der Waals surface area contributed by atoms with Gasteiger partial charge in [-0.05, 0) is 73.2 Å². The van der Waals surface area contributed by atoms with E-state index in [-0.39, 0.29) is 18.2 Å². The zero-order valence-corrected chi connectivity index (χ0v) is 22.4. The highest BCUT2D eigenvalue weighted by molar-refractivity contribution is 7.90. The first-order chi connectivity index (χ1) is 15.7. The lowest BCUT2D eigenvalue weighted by molar-refractivity contribution is 0.0868. The number of fused-ring (bicyclic) bond motifs is 2. The van der Waals surface area contributed by atoms with Crippen molar-refractivity contribution in [3.8, 4) is 0 Å². The lowest BCUT2D eigenvalue weighted by atomic mass is 9.99. The molecule has 1 heterocycles. The van der Waals surface area contributed by atoms with Gasteiger partial charge in [0, 0.05) is 20.4 Å². The second-order valence-electron chi connectivity index (χ2n) is 10.7. The van der Waals surface area contributed by atoms with E-state index >= 15 is 0 Å². The van der Waals surface area contributed by atoms with Gasteiger partial charge in [0.15, 0.2) is 15.7 Å². The Hall–Kier alpha value is -1.71. The van der Waals surface area contributed by atoms with Gasteiger partial charge in [0.05, 0.1) is 5.75 Å². The molecule has 1 aromatic carbocycles. The predicted octanol–water partition coefficient (Wildman–Crippen LogP) is 4.64. The molecule has 0 aliphatic heterocycles. The molecule has 1 aromatic heterocycles. The number of nitrogens with one attached hydrogen (secondary N) is 1. The normalized spacial score (nSPS) is 15.6. The van der Waals surface area contributed by atoms with Crippen LogP contribution in [-0.4, -0.2) is 43.6 Å². The first kappa shape index (κ1) is 24.4. The highest BCUT2D eigenvalue weighted by Gasteiger charge is 2.26.